The number of rotatable bonds is 18. The number of allylic oxidation sites excluding steroid dienone is 4. The SMILES string of the molecule is CC(C)(C)c1ccc(C2=CCC(c3ccc(-c4ccccc4)cc3)=C2)cc1.CCC(C)n1c2ccccc2c2ccccc21.[2H]P[B].[Ir+3].[K+].[N-]=[N+]=NCc1ccc(N(c2ccccc2)c2ccc3c(c2)Cc2ccccc2-3)cc1.[N-]=[N+]=NCc1ccc(N(c2ccccc2)c2ccccc2)cc1.[PH2-].[V].[c-]1ccccc1-c1ccccn1.[c-]1ccccc1-c1ccccn1.[c-]1ccccc1-c1ccccn1. The Morgan fingerprint density at radius 2 is 0.784 bits per heavy atom. The van der Waals surface area contributed by atoms with Gasteiger partial charge in [-0.2, -0.15) is 9.06 Å². The summed E-state index contributed by atoms with van der Waals surface area (Å²) < 4.78 is 8.48. The van der Waals surface area contributed by atoms with Gasteiger partial charge < -0.3 is 39.2 Å². The third-order valence-corrected chi connectivity index (χ3v) is 23.0. The van der Waals surface area contributed by atoms with Gasteiger partial charge in [-0.05, 0) is 235 Å². The van der Waals surface area contributed by atoms with Crippen LogP contribution in [0.15, 0.2) is 478 Å². The summed E-state index contributed by atoms with van der Waals surface area (Å²) in [5.41, 5.74) is 49.1. The van der Waals surface area contributed by atoms with Gasteiger partial charge >= 0.3 is 71.5 Å². The molecule has 0 aliphatic heterocycles. The summed E-state index contributed by atoms with van der Waals surface area (Å²) in [5, 5.41) is 9.99. The predicted molar refractivity (Wildman–Crippen MR) is 579 cm³/mol. The van der Waals surface area contributed by atoms with Crippen LogP contribution < -0.4 is 61.2 Å². The second-order valence-electron chi connectivity index (χ2n) is 32.9. The van der Waals surface area contributed by atoms with Crippen molar-refractivity contribution in [2.24, 2.45) is 10.2 Å². The molecule has 19 aromatic rings. The average Bonchev–Trinajstić information content (AvgIpc) is 1.61. The number of pyridine rings is 3. The van der Waals surface area contributed by atoms with E-state index in [4.69, 9.17) is 12.3 Å². The fourth-order valence-corrected chi connectivity index (χ4v) is 16.1. The number of aromatic nitrogens is 4. The van der Waals surface area contributed by atoms with E-state index in [1.807, 2.05) is 206 Å². The molecule has 2 aliphatic rings. The molecule has 0 bridgehead atoms. The third-order valence-electron chi connectivity index (χ3n) is 23.0. The van der Waals surface area contributed by atoms with Gasteiger partial charge in [0, 0.05) is 110 Å². The standard InChI is InChI=1S/C27H26.C26H20N4.C19H16N4.C16H17N.3C11H8N.BH2P.Ir.K.H2P.V/c1-27(2,3)26-17-15-23(16-18-26)25-14-13-24(19-25)22-11-9-21(10-12-22)20-7-5-4-6-8-20;27-29-28-18-19-10-12-23(13-11-19)30(22-7-2-1-3-8-22)24-14-15-26-21(17-24)16-20-6-4-5-9-25(20)26;20-22-21-15-16-11-13-19(14-12-16)23(17-7-3-1-4-8-17)18-9-5-2-6-10-18;1-3-12(2)17-15-10-6-4-8-13(15)14-9-5-7-11-16(14)17;3*1-2-6-10(7-3-1)11-8-4-5-9-12-11;1-2;;;;/h4-12,14-19H,13H2,1-3H3;1-15,17H,16,18H2;1-14H,15H2;4-12H,3H2,1-2H3;3*1-6,8-9H;2H2;;;1H2;/q;;;;3*-1;;+3;+1;-1;/i;;;;;;;2D;;;;. The van der Waals surface area contributed by atoms with Gasteiger partial charge in [0.2, 0.25) is 0 Å². The molecule has 15 aromatic carbocycles. The first-order valence-corrected chi connectivity index (χ1v) is 45.8. The molecule has 2 aliphatic carbocycles. The van der Waals surface area contributed by atoms with Crippen molar-refractivity contribution < 1.29 is 90.0 Å². The number of para-hydroxylation sites is 5. The van der Waals surface area contributed by atoms with Crippen LogP contribution in [-0.4, -0.2) is 28.4 Å². The number of anilines is 6. The molecule has 0 saturated heterocycles. The molecule has 4 heterocycles. The van der Waals surface area contributed by atoms with E-state index in [0.717, 1.165) is 98.3 Å². The fourth-order valence-electron chi connectivity index (χ4n) is 16.1. The van der Waals surface area contributed by atoms with Crippen LogP contribution in [0.3, 0.4) is 0 Å². The molecule has 679 valence electrons. The van der Waals surface area contributed by atoms with Crippen molar-refractivity contribution in [2.45, 2.75) is 78.4 Å². The Hall–Kier alpha value is -13.0. The van der Waals surface area contributed by atoms with Crippen LogP contribution in [0.1, 0.15) is 92.4 Å². The zero-order valence-electron chi connectivity index (χ0n) is 79.9. The first-order chi connectivity index (χ1) is 66.9. The smallest absolute Gasteiger partial charge is 0.577 e. The minimum absolute atomic E-state index is 0. The van der Waals surface area contributed by atoms with Gasteiger partial charge in [0.25, 0.3) is 0 Å². The minimum atomic E-state index is -0.167. The van der Waals surface area contributed by atoms with E-state index in [1.165, 1.54) is 83.0 Å². The number of fused-ring (bicyclic) bond motifs is 6. The normalized spacial score (nSPS) is 11.2. The number of hydrogen-bond acceptors (Lipinski definition) is 7. The van der Waals surface area contributed by atoms with Crippen molar-refractivity contribution in [1.82, 2.24) is 19.5 Å². The van der Waals surface area contributed by atoms with Crippen molar-refractivity contribution in [2.75, 3.05) is 9.80 Å². The molecule has 2 atom stereocenters. The van der Waals surface area contributed by atoms with E-state index in [9.17, 15) is 0 Å². The summed E-state index contributed by atoms with van der Waals surface area (Å²) in [4.78, 5) is 22.8. The Balaban J connectivity index is 0.000000171. The molecule has 0 saturated carbocycles. The zero-order valence-corrected chi connectivity index (χ0v) is 87.9. The Bertz CT molecular complexity index is 6710. The van der Waals surface area contributed by atoms with Crippen LogP contribution in [-0.2, 0) is 63.6 Å². The molecule has 0 amide bonds. The maximum Gasteiger partial charge on any atom is 3.00 e. The molecule has 0 N–H and O–H groups in total. The third kappa shape index (κ3) is 30.3. The number of azide groups is 2. The molecular weight excluding hydrogens is 1980 g/mol. The molecule has 0 spiro atoms. The Morgan fingerprint density at radius 3 is 1.19 bits per heavy atom. The summed E-state index contributed by atoms with van der Waals surface area (Å²) >= 11 is 0. The summed E-state index contributed by atoms with van der Waals surface area (Å²) in [5.74, 6) is 0. The van der Waals surface area contributed by atoms with Crippen LogP contribution in [0.5, 0.6) is 0 Å². The first kappa shape index (κ1) is 106. The van der Waals surface area contributed by atoms with Gasteiger partial charge in [-0.25, -0.2) is 0 Å². The Labute approximate surface area is 895 Å². The molecule has 4 aromatic heterocycles. The molecule has 2 unspecified atom stereocenters. The molecule has 21 rings (SSSR count). The van der Waals surface area contributed by atoms with Crippen molar-refractivity contribution >= 4 is 93.6 Å². The number of benzene rings is 15. The zero-order chi connectivity index (χ0) is 94.3. The van der Waals surface area contributed by atoms with E-state index in [1.54, 1.807) is 18.6 Å². The fraction of sp³-hybridized carbons (Fsp3) is 0.0992. The average molecular weight is 2090 g/mol. The van der Waals surface area contributed by atoms with Crippen LogP contribution in [0, 0.1) is 18.2 Å². The summed E-state index contributed by atoms with van der Waals surface area (Å²) in [7, 11) is 4.38. The van der Waals surface area contributed by atoms with Crippen LogP contribution in [0.4, 0.5) is 34.1 Å². The summed E-state index contributed by atoms with van der Waals surface area (Å²) in [6, 6.07) is 159. The van der Waals surface area contributed by atoms with Crippen molar-refractivity contribution in [1.29, 1.82) is 1.28 Å². The van der Waals surface area contributed by atoms with E-state index in [2.05, 4.69) is 352 Å². The predicted octanol–water partition coefficient (Wildman–Crippen LogP) is 30.7. The maximum absolute atomic E-state index is 8.56. The van der Waals surface area contributed by atoms with Gasteiger partial charge in [-0.3, -0.25) is 0 Å². The second-order valence-corrected chi connectivity index (χ2v) is 32.9. The van der Waals surface area contributed by atoms with Gasteiger partial charge in [0.05, 0.1) is 20.7 Å². The van der Waals surface area contributed by atoms with E-state index in [0.29, 0.717) is 19.1 Å². The minimum Gasteiger partial charge on any atom is -0.577 e. The van der Waals surface area contributed by atoms with Gasteiger partial charge in [0.15, 0.2) is 0 Å². The van der Waals surface area contributed by atoms with Crippen LogP contribution in [0.25, 0.3) is 110 Å². The van der Waals surface area contributed by atoms with Crippen LogP contribution >= 0.6 is 19.0 Å². The van der Waals surface area contributed by atoms with Crippen molar-refractivity contribution in [3.8, 4) is 56.0 Å². The molecule has 18 heteroatoms. The summed E-state index contributed by atoms with van der Waals surface area (Å²) in [6.07, 6.45) is 13.2. The number of hydrogen-bond donors (Lipinski definition) is 0. The van der Waals surface area contributed by atoms with E-state index < -0.39 is 0 Å². The summed E-state index contributed by atoms with van der Waals surface area (Å²) in [6.45, 7) is 12.0. The maximum atomic E-state index is 8.56. The second kappa shape index (κ2) is 56.8. The largest absolute Gasteiger partial charge is 3.00 e. The van der Waals surface area contributed by atoms with Gasteiger partial charge in [-0.15, -0.1) is 108 Å². The van der Waals surface area contributed by atoms with Gasteiger partial charge in [-0.1, -0.05) is 311 Å². The van der Waals surface area contributed by atoms with E-state index in [-0.39, 0.29) is 114 Å². The molecule has 3 radical (unpaired) electrons. The Morgan fingerprint density at radius 1 is 0.424 bits per heavy atom. The molecule has 12 nitrogen and oxygen atoms in total. The molecule has 139 heavy (non-hydrogen) atoms. The van der Waals surface area contributed by atoms with E-state index >= 15 is 0 Å². The monoisotopic (exact) mass is 2080 g/mol. The number of nitrogens with zero attached hydrogens (tertiary/aromatic N) is 12. The van der Waals surface area contributed by atoms with Crippen molar-refractivity contribution in [3.05, 3.63) is 546 Å². The Kier molecular flexibility index (Phi) is 43.5. The topological polar surface area (TPSA) is 148 Å². The first-order valence-electron chi connectivity index (χ1n) is 45.7. The van der Waals surface area contributed by atoms with Crippen LogP contribution in [0.2, 0.25) is 0 Å². The molecule has 0 fully saturated rings. The quantitative estimate of drug-likeness (QED) is 0.0209. The van der Waals surface area contributed by atoms with Gasteiger partial charge in [0.1, 0.15) is 0 Å². The van der Waals surface area contributed by atoms with Crippen molar-refractivity contribution in [3.63, 3.8) is 0 Å². The molecular formula is C121H107BIrKN12P2V.